The van der Waals surface area contributed by atoms with E-state index in [1.54, 1.807) is 0 Å². The number of piperidine rings is 4. The van der Waals surface area contributed by atoms with Gasteiger partial charge in [0.1, 0.15) is 0 Å². The number of rotatable bonds is 1. The zero-order valence-electron chi connectivity index (χ0n) is 15.2. The maximum Gasteiger partial charge on any atom is 0.250 e. The number of fused-ring (bicyclic) bond motifs is 2. The highest BCUT2D eigenvalue weighted by molar-refractivity contribution is 5.98. The molecule has 1 aromatic rings. The summed E-state index contributed by atoms with van der Waals surface area (Å²) < 4.78 is 2.10. The van der Waals surface area contributed by atoms with Gasteiger partial charge in [-0.3, -0.25) is 9.69 Å². The number of hydrogen-bond donors (Lipinski definition) is 0. The van der Waals surface area contributed by atoms with Crippen LogP contribution in [0.25, 0.3) is 6.08 Å². The van der Waals surface area contributed by atoms with Gasteiger partial charge in [0.05, 0.1) is 0 Å². The first kappa shape index (κ1) is 15.7. The van der Waals surface area contributed by atoms with E-state index >= 15 is 0 Å². The molecule has 4 aliphatic rings. The minimum absolute atomic E-state index is 0.318. The monoisotopic (exact) mass is 339 g/mol. The van der Waals surface area contributed by atoms with Crippen molar-refractivity contribution in [1.29, 1.82) is 0 Å². The summed E-state index contributed by atoms with van der Waals surface area (Å²) in [6, 6.07) is 5.39. The fourth-order valence-electron chi connectivity index (χ4n) is 6.13. The lowest BCUT2D eigenvalue weighted by molar-refractivity contribution is -0.145. The van der Waals surface area contributed by atoms with Gasteiger partial charge in [0.2, 0.25) is 5.91 Å². The summed E-state index contributed by atoms with van der Waals surface area (Å²) >= 11 is 0. The highest BCUT2D eigenvalue weighted by atomic mass is 16.2. The number of nitrogens with zero attached hydrogens (tertiary/aromatic N) is 3. The number of aromatic nitrogens is 1. The number of amides is 1. The lowest BCUT2D eigenvalue weighted by Gasteiger charge is -2.58. The van der Waals surface area contributed by atoms with Crippen LogP contribution in [0.4, 0.5) is 0 Å². The van der Waals surface area contributed by atoms with E-state index in [4.69, 9.17) is 0 Å². The molecule has 4 aliphatic heterocycles. The lowest BCUT2D eigenvalue weighted by Crippen LogP contribution is -2.66. The van der Waals surface area contributed by atoms with Crippen LogP contribution < -0.4 is 0 Å². The summed E-state index contributed by atoms with van der Waals surface area (Å²) in [6.07, 6.45) is 11.5. The maximum atomic E-state index is 13.3. The summed E-state index contributed by atoms with van der Waals surface area (Å²) in [6.45, 7) is 3.57. The maximum absolute atomic E-state index is 13.3. The summed E-state index contributed by atoms with van der Waals surface area (Å²) in [5.41, 5.74) is 2.15. The van der Waals surface area contributed by atoms with Crippen molar-refractivity contribution < 1.29 is 4.79 Å². The molecule has 4 heteroatoms. The standard InChI is InChI=1S/C21H29N3O/c1-22-10-3-6-17(22)13-15-8-9-19-18-7-4-12-23-11-2-5-16(20(18)23)14-24(19)21(15)25/h3,6,10,13,16,18-20H,2,4-5,7-9,11-12,14H2,1H3/b15-13+/t16-,18-,19-,20+/m1/s1. The van der Waals surface area contributed by atoms with E-state index in [0.717, 1.165) is 36.7 Å². The molecule has 5 rings (SSSR count). The van der Waals surface area contributed by atoms with Gasteiger partial charge in [-0.2, -0.15) is 0 Å². The summed E-state index contributed by atoms with van der Waals surface area (Å²) in [5, 5.41) is 0. The Morgan fingerprint density at radius 3 is 2.80 bits per heavy atom. The van der Waals surface area contributed by atoms with Crippen LogP contribution in [0.15, 0.2) is 23.9 Å². The number of hydrogen-bond acceptors (Lipinski definition) is 2. The topological polar surface area (TPSA) is 28.5 Å². The average molecular weight is 339 g/mol. The van der Waals surface area contributed by atoms with E-state index < -0.39 is 0 Å². The molecule has 4 fully saturated rings. The second-order valence-corrected chi connectivity index (χ2v) is 8.51. The minimum Gasteiger partial charge on any atom is -0.351 e. The summed E-state index contributed by atoms with van der Waals surface area (Å²) in [4.78, 5) is 18.3. The first-order valence-corrected chi connectivity index (χ1v) is 10.1. The van der Waals surface area contributed by atoms with Crippen molar-refractivity contribution in [2.45, 2.75) is 50.6 Å². The predicted octanol–water partition coefficient (Wildman–Crippen LogP) is 2.90. The quantitative estimate of drug-likeness (QED) is 0.736. The Kier molecular flexibility index (Phi) is 3.77. The molecular formula is C21H29N3O. The van der Waals surface area contributed by atoms with Crippen LogP contribution in [-0.4, -0.2) is 52.0 Å². The number of carbonyl (C=O) groups is 1. The molecule has 4 atom stereocenters. The minimum atomic E-state index is 0.318. The summed E-state index contributed by atoms with van der Waals surface area (Å²) in [7, 11) is 2.05. The van der Waals surface area contributed by atoms with Crippen LogP contribution in [0, 0.1) is 11.8 Å². The molecule has 0 saturated carbocycles. The van der Waals surface area contributed by atoms with Crippen molar-refractivity contribution in [3.8, 4) is 0 Å². The van der Waals surface area contributed by atoms with Gasteiger partial charge in [-0.05, 0) is 81.7 Å². The van der Waals surface area contributed by atoms with E-state index in [1.807, 2.05) is 19.3 Å². The summed E-state index contributed by atoms with van der Waals surface area (Å²) in [5.74, 6) is 1.74. The van der Waals surface area contributed by atoms with Gasteiger partial charge in [0.25, 0.3) is 0 Å². The number of aryl methyl sites for hydroxylation is 1. The van der Waals surface area contributed by atoms with Crippen molar-refractivity contribution >= 4 is 12.0 Å². The third kappa shape index (κ3) is 2.49. The molecule has 0 spiro atoms. The SMILES string of the molecule is Cn1cccc1/C=C1\CC[C@@H]2[C@H]3CCCN4CCC[C@H](CN2C1=O)[C@@H]34. The lowest BCUT2D eigenvalue weighted by atomic mass is 9.67. The molecule has 0 N–H and O–H groups in total. The second kappa shape index (κ2) is 6.01. The molecular weight excluding hydrogens is 310 g/mol. The van der Waals surface area contributed by atoms with Gasteiger partial charge >= 0.3 is 0 Å². The van der Waals surface area contributed by atoms with Crippen LogP contribution in [0.3, 0.4) is 0 Å². The molecule has 1 aromatic heterocycles. The van der Waals surface area contributed by atoms with Crippen LogP contribution in [0.2, 0.25) is 0 Å². The van der Waals surface area contributed by atoms with Crippen molar-refractivity contribution in [3.05, 3.63) is 29.6 Å². The zero-order chi connectivity index (χ0) is 17.0. The highest BCUT2D eigenvalue weighted by Crippen LogP contribution is 2.45. The van der Waals surface area contributed by atoms with E-state index in [2.05, 4.69) is 26.5 Å². The molecule has 5 heterocycles. The molecule has 0 unspecified atom stereocenters. The Morgan fingerprint density at radius 2 is 2.00 bits per heavy atom. The average Bonchev–Trinajstić information content (AvgIpc) is 3.03. The van der Waals surface area contributed by atoms with Crippen LogP contribution in [0.5, 0.6) is 0 Å². The first-order chi connectivity index (χ1) is 12.2. The first-order valence-electron chi connectivity index (χ1n) is 10.1. The van der Waals surface area contributed by atoms with Crippen LogP contribution in [-0.2, 0) is 11.8 Å². The third-order valence-electron chi connectivity index (χ3n) is 7.22. The van der Waals surface area contributed by atoms with E-state index in [1.165, 1.54) is 38.8 Å². The highest BCUT2D eigenvalue weighted by Gasteiger charge is 2.51. The van der Waals surface area contributed by atoms with Gasteiger partial charge in [-0.1, -0.05) is 0 Å². The van der Waals surface area contributed by atoms with Gasteiger partial charge in [-0.15, -0.1) is 0 Å². The van der Waals surface area contributed by atoms with E-state index in [-0.39, 0.29) is 0 Å². The molecule has 1 amide bonds. The Hall–Kier alpha value is -1.55. The Morgan fingerprint density at radius 1 is 1.16 bits per heavy atom. The fraction of sp³-hybridized carbons (Fsp3) is 0.667. The molecule has 0 aliphatic carbocycles. The molecule has 0 radical (unpaired) electrons. The third-order valence-corrected chi connectivity index (χ3v) is 7.22. The zero-order valence-corrected chi connectivity index (χ0v) is 15.2. The Bertz CT molecular complexity index is 704. The van der Waals surface area contributed by atoms with E-state index in [0.29, 0.717) is 23.8 Å². The van der Waals surface area contributed by atoms with Crippen LogP contribution in [0.1, 0.15) is 44.2 Å². The van der Waals surface area contributed by atoms with E-state index in [9.17, 15) is 4.79 Å². The molecule has 4 saturated heterocycles. The van der Waals surface area contributed by atoms with Gasteiger partial charge < -0.3 is 9.47 Å². The van der Waals surface area contributed by atoms with Gasteiger partial charge in [0, 0.05) is 43.1 Å². The van der Waals surface area contributed by atoms with Crippen molar-refractivity contribution in [2.75, 3.05) is 19.6 Å². The van der Waals surface area contributed by atoms with Crippen molar-refractivity contribution in [1.82, 2.24) is 14.4 Å². The molecule has 134 valence electrons. The number of carbonyl (C=O) groups excluding carboxylic acids is 1. The Balaban J connectivity index is 1.43. The van der Waals surface area contributed by atoms with Crippen molar-refractivity contribution in [2.24, 2.45) is 18.9 Å². The largest absolute Gasteiger partial charge is 0.351 e. The fourth-order valence-corrected chi connectivity index (χ4v) is 6.13. The van der Waals surface area contributed by atoms with Gasteiger partial charge in [0.15, 0.2) is 0 Å². The van der Waals surface area contributed by atoms with Crippen molar-refractivity contribution in [3.63, 3.8) is 0 Å². The van der Waals surface area contributed by atoms with Gasteiger partial charge in [-0.25, -0.2) is 0 Å². The molecule has 25 heavy (non-hydrogen) atoms. The Labute approximate surface area is 150 Å². The normalized spacial score (nSPS) is 37.1. The van der Waals surface area contributed by atoms with Crippen LogP contribution >= 0.6 is 0 Å². The predicted molar refractivity (Wildman–Crippen MR) is 98.9 cm³/mol. The molecule has 4 nitrogen and oxygen atoms in total. The molecule has 0 aromatic carbocycles. The molecule has 0 bridgehead atoms. The second-order valence-electron chi connectivity index (χ2n) is 8.51. The smallest absolute Gasteiger partial charge is 0.250 e.